The van der Waals surface area contributed by atoms with Crippen LogP contribution in [0.3, 0.4) is 0 Å². The number of carbonyl (C=O) groups excluding carboxylic acids is 2. The molecule has 2 unspecified atom stereocenters. The first-order valence-electron chi connectivity index (χ1n) is 5.90. The van der Waals surface area contributed by atoms with Crippen LogP contribution in [0.4, 0.5) is 0 Å². The van der Waals surface area contributed by atoms with Crippen LogP contribution in [0.15, 0.2) is 42.5 Å². The molecule has 3 rings (SSSR count). The number of amides is 2. The summed E-state index contributed by atoms with van der Waals surface area (Å²) in [6.07, 6.45) is 2.61. The molecule has 0 bridgehead atoms. The molecule has 92 valence electrons. The van der Waals surface area contributed by atoms with Gasteiger partial charge in [-0.05, 0) is 12.5 Å². The number of rotatable bonds is 3. The van der Waals surface area contributed by atoms with E-state index >= 15 is 0 Å². The largest absolute Gasteiger partial charge is 0.362 e. The van der Waals surface area contributed by atoms with Gasteiger partial charge in [-0.2, -0.15) is 0 Å². The first kappa shape index (κ1) is 11.2. The summed E-state index contributed by atoms with van der Waals surface area (Å²) < 4.78 is 5.58. The normalized spacial score (nSPS) is 27.7. The average Bonchev–Trinajstić information content (AvgIpc) is 3.13. The molecule has 18 heavy (non-hydrogen) atoms. The second kappa shape index (κ2) is 3.78. The summed E-state index contributed by atoms with van der Waals surface area (Å²) in [5.74, 6) is -0.531. The van der Waals surface area contributed by atoms with Gasteiger partial charge in [0.05, 0.1) is 12.6 Å². The Labute approximate surface area is 105 Å². The molecule has 1 saturated heterocycles. The van der Waals surface area contributed by atoms with Crippen LogP contribution in [0.1, 0.15) is 12.5 Å². The van der Waals surface area contributed by atoms with Crippen molar-refractivity contribution in [2.24, 2.45) is 0 Å². The molecule has 0 spiro atoms. The lowest BCUT2D eigenvalue weighted by atomic mass is 9.92. The molecule has 2 heterocycles. The van der Waals surface area contributed by atoms with Crippen molar-refractivity contribution < 1.29 is 14.3 Å². The summed E-state index contributed by atoms with van der Waals surface area (Å²) in [7, 11) is 0. The van der Waals surface area contributed by atoms with Crippen molar-refractivity contribution >= 4 is 11.8 Å². The fourth-order valence-corrected chi connectivity index (χ4v) is 2.45. The van der Waals surface area contributed by atoms with Crippen LogP contribution in [0.5, 0.6) is 0 Å². The van der Waals surface area contributed by atoms with Gasteiger partial charge in [0.1, 0.15) is 5.60 Å². The summed E-state index contributed by atoms with van der Waals surface area (Å²) in [6.45, 7) is 2.39. The number of benzene rings is 1. The van der Waals surface area contributed by atoms with Gasteiger partial charge in [-0.1, -0.05) is 30.3 Å². The summed E-state index contributed by atoms with van der Waals surface area (Å²) in [6, 6.07) is 9.41. The van der Waals surface area contributed by atoms with E-state index in [2.05, 4.69) is 0 Å². The van der Waals surface area contributed by atoms with Crippen molar-refractivity contribution in [3.8, 4) is 0 Å². The Hall–Kier alpha value is -1.94. The summed E-state index contributed by atoms with van der Waals surface area (Å²) in [5, 5.41) is 0. The van der Waals surface area contributed by atoms with E-state index in [-0.39, 0.29) is 17.9 Å². The van der Waals surface area contributed by atoms with Gasteiger partial charge in [-0.3, -0.25) is 14.5 Å². The van der Waals surface area contributed by atoms with Gasteiger partial charge in [0.25, 0.3) is 11.8 Å². The Bertz CT molecular complexity index is 513. The molecule has 0 saturated carbocycles. The Balaban J connectivity index is 1.92. The van der Waals surface area contributed by atoms with E-state index < -0.39 is 5.60 Å². The maximum absolute atomic E-state index is 11.7. The smallest absolute Gasteiger partial charge is 0.253 e. The molecule has 1 fully saturated rings. The molecule has 0 aromatic heterocycles. The number of imide groups is 1. The molecular weight excluding hydrogens is 230 g/mol. The summed E-state index contributed by atoms with van der Waals surface area (Å²) >= 11 is 0. The molecule has 2 amide bonds. The number of epoxide rings is 1. The van der Waals surface area contributed by atoms with Crippen molar-refractivity contribution in [1.82, 2.24) is 4.90 Å². The molecule has 1 aromatic rings. The highest BCUT2D eigenvalue weighted by atomic mass is 16.6. The first-order chi connectivity index (χ1) is 8.65. The summed E-state index contributed by atoms with van der Waals surface area (Å²) in [5.41, 5.74) is 0.475. The molecule has 0 aliphatic carbocycles. The van der Waals surface area contributed by atoms with Gasteiger partial charge in [0, 0.05) is 12.2 Å². The highest BCUT2D eigenvalue weighted by Gasteiger charge is 2.55. The standard InChI is InChI=1S/C14H13NO3/c1-10(15-12(16)7-8-13(15)17)14(9-18-14)11-5-3-2-4-6-11/h2-8,10H,9H2,1H3. The zero-order valence-electron chi connectivity index (χ0n) is 10.00. The van der Waals surface area contributed by atoms with Crippen LogP contribution in [-0.4, -0.2) is 29.4 Å². The van der Waals surface area contributed by atoms with Gasteiger partial charge >= 0.3 is 0 Å². The van der Waals surface area contributed by atoms with Gasteiger partial charge in [-0.15, -0.1) is 0 Å². The van der Waals surface area contributed by atoms with Gasteiger partial charge in [0.15, 0.2) is 0 Å². The zero-order valence-corrected chi connectivity index (χ0v) is 10.00. The first-order valence-corrected chi connectivity index (χ1v) is 5.90. The topological polar surface area (TPSA) is 49.9 Å². The Morgan fingerprint density at radius 2 is 1.72 bits per heavy atom. The van der Waals surface area contributed by atoms with E-state index in [1.807, 2.05) is 37.3 Å². The van der Waals surface area contributed by atoms with Crippen LogP contribution in [0.2, 0.25) is 0 Å². The number of hydrogen-bond acceptors (Lipinski definition) is 3. The summed E-state index contributed by atoms with van der Waals surface area (Å²) in [4.78, 5) is 24.7. The zero-order chi connectivity index (χ0) is 12.8. The van der Waals surface area contributed by atoms with Crippen LogP contribution in [0, 0.1) is 0 Å². The second-order valence-corrected chi connectivity index (χ2v) is 4.60. The molecule has 2 aliphatic heterocycles. The average molecular weight is 243 g/mol. The molecule has 4 nitrogen and oxygen atoms in total. The third kappa shape index (κ3) is 1.49. The molecule has 0 N–H and O–H groups in total. The molecule has 2 atom stereocenters. The minimum absolute atomic E-state index is 0.265. The Morgan fingerprint density at radius 3 is 2.22 bits per heavy atom. The maximum Gasteiger partial charge on any atom is 0.253 e. The molecule has 4 heteroatoms. The third-order valence-electron chi connectivity index (χ3n) is 3.62. The van der Waals surface area contributed by atoms with Gasteiger partial charge < -0.3 is 4.74 Å². The van der Waals surface area contributed by atoms with Gasteiger partial charge in [-0.25, -0.2) is 0 Å². The SMILES string of the molecule is CC(N1C(=O)C=CC1=O)C1(c2ccccc2)CO1. The molecule has 1 aromatic carbocycles. The van der Waals surface area contributed by atoms with Crippen LogP contribution in [0.25, 0.3) is 0 Å². The lowest BCUT2D eigenvalue weighted by molar-refractivity contribution is -0.140. The number of ether oxygens (including phenoxy) is 1. The fourth-order valence-electron chi connectivity index (χ4n) is 2.45. The van der Waals surface area contributed by atoms with Crippen molar-refractivity contribution in [2.75, 3.05) is 6.61 Å². The van der Waals surface area contributed by atoms with Crippen molar-refractivity contribution in [3.05, 3.63) is 48.0 Å². The van der Waals surface area contributed by atoms with Crippen LogP contribution in [-0.2, 0) is 19.9 Å². The van der Waals surface area contributed by atoms with E-state index in [0.29, 0.717) is 6.61 Å². The van der Waals surface area contributed by atoms with Crippen LogP contribution >= 0.6 is 0 Å². The number of hydrogen-bond donors (Lipinski definition) is 0. The molecular formula is C14H13NO3. The van der Waals surface area contributed by atoms with Crippen molar-refractivity contribution in [3.63, 3.8) is 0 Å². The highest BCUT2D eigenvalue weighted by molar-refractivity contribution is 6.13. The fraction of sp³-hybridized carbons (Fsp3) is 0.286. The monoisotopic (exact) mass is 243 g/mol. The molecule has 0 radical (unpaired) electrons. The lowest BCUT2D eigenvalue weighted by Gasteiger charge is -2.28. The van der Waals surface area contributed by atoms with E-state index in [1.54, 1.807) is 0 Å². The van der Waals surface area contributed by atoms with E-state index in [4.69, 9.17) is 4.74 Å². The minimum Gasteiger partial charge on any atom is -0.362 e. The predicted molar refractivity (Wildman–Crippen MR) is 64.5 cm³/mol. The highest BCUT2D eigenvalue weighted by Crippen LogP contribution is 2.44. The third-order valence-corrected chi connectivity index (χ3v) is 3.62. The molecule has 2 aliphatic rings. The maximum atomic E-state index is 11.7. The predicted octanol–water partition coefficient (Wildman–Crippen LogP) is 1.23. The van der Waals surface area contributed by atoms with E-state index in [9.17, 15) is 9.59 Å². The lowest BCUT2D eigenvalue weighted by Crippen LogP contribution is -2.45. The van der Waals surface area contributed by atoms with Gasteiger partial charge in [0.2, 0.25) is 0 Å². The quantitative estimate of drug-likeness (QED) is 0.592. The minimum atomic E-state index is -0.529. The number of nitrogens with zero attached hydrogens (tertiary/aromatic N) is 1. The van der Waals surface area contributed by atoms with E-state index in [1.165, 1.54) is 17.1 Å². The Kier molecular flexibility index (Phi) is 2.35. The van der Waals surface area contributed by atoms with E-state index in [0.717, 1.165) is 5.56 Å². The number of carbonyl (C=O) groups is 2. The second-order valence-electron chi connectivity index (χ2n) is 4.60. The van der Waals surface area contributed by atoms with Crippen LogP contribution < -0.4 is 0 Å². The Morgan fingerprint density at radius 1 is 1.17 bits per heavy atom. The van der Waals surface area contributed by atoms with Crippen molar-refractivity contribution in [2.45, 2.75) is 18.6 Å². The van der Waals surface area contributed by atoms with Crippen molar-refractivity contribution in [1.29, 1.82) is 0 Å².